The maximum atomic E-state index is 13.2. The smallest absolute Gasteiger partial charge is 0.289 e. The minimum absolute atomic E-state index is 0.00295. The second-order valence-corrected chi connectivity index (χ2v) is 10.2. The Hall–Kier alpha value is -3.83. The van der Waals surface area contributed by atoms with E-state index in [9.17, 15) is 4.79 Å². The maximum Gasteiger partial charge on any atom is 0.289 e. The van der Waals surface area contributed by atoms with Crippen LogP contribution in [0.4, 0.5) is 0 Å². The lowest BCUT2D eigenvalue weighted by atomic mass is 9.90. The summed E-state index contributed by atoms with van der Waals surface area (Å²) in [5.74, 6) is 2.70. The molecule has 0 radical (unpaired) electrons. The number of hydrogen-bond donors (Lipinski definition) is 0. The van der Waals surface area contributed by atoms with E-state index in [0.717, 1.165) is 57.0 Å². The molecule has 2 heterocycles. The highest BCUT2D eigenvalue weighted by molar-refractivity contribution is 5.91. The fourth-order valence-electron chi connectivity index (χ4n) is 5.28. The molecule has 5 nitrogen and oxygen atoms in total. The molecule has 5 heteroatoms. The molecule has 1 aliphatic rings. The Kier molecular flexibility index (Phi) is 8.56. The Labute approximate surface area is 225 Å². The molecule has 0 saturated carbocycles. The fourth-order valence-corrected chi connectivity index (χ4v) is 5.28. The largest absolute Gasteiger partial charge is 0.497 e. The molecule has 1 saturated heterocycles. The third-order valence-electron chi connectivity index (χ3n) is 7.31. The number of amides is 1. The molecule has 0 atom stereocenters. The van der Waals surface area contributed by atoms with Crippen LogP contribution in [0.3, 0.4) is 0 Å². The molecule has 0 spiro atoms. The third kappa shape index (κ3) is 6.93. The van der Waals surface area contributed by atoms with E-state index in [1.807, 2.05) is 35.2 Å². The number of likely N-dealkylation sites (tertiary alicyclic amines) is 1. The van der Waals surface area contributed by atoms with Crippen molar-refractivity contribution >= 4 is 5.91 Å². The van der Waals surface area contributed by atoms with E-state index in [4.69, 9.17) is 9.15 Å². The molecule has 38 heavy (non-hydrogen) atoms. The Morgan fingerprint density at radius 1 is 0.816 bits per heavy atom. The van der Waals surface area contributed by atoms with Crippen LogP contribution in [0.5, 0.6) is 5.75 Å². The number of carbonyl (C=O) groups excluding carboxylic acids is 1. The summed E-state index contributed by atoms with van der Waals surface area (Å²) < 4.78 is 11.5. The highest BCUT2D eigenvalue weighted by Gasteiger charge is 2.26. The lowest BCUT2D eigenvalue weighted by Crippen LogP contribution is -2.38. The van der Waals surface area contributed by atoms with Crippen LogP contribution in [0, 0.1) is 5.92 Å². The number of hydrogen-bond acceptors (Lipinski definition) is 4. The molecule has 4 aromatic rings. The van der Waals surface area contributed by atoms with Gasteiger partial charge in [0.2, 0.25) is 0 Å². The van der Waals surface area contributed by atoms with Gasteiger partial charge in [0.15, 0.2) is 5.76 Å². The summed E-state index contributed by atoms with van der Waals surface area (Å²) in [5.41, 5.74) is 3.78. The first-order valence-electron chi connectivity index (χ1n) is 13.5. The summed E-state index contributed by atoms with van der Waals surface area (Å²) >= 11 is 0. The second-order valence-electron chi connectivity index (χ2n) is 10.2. The Bertz CT molecular complexity index is 1290. The minimum atomic E-state index is -0.00295. The van der Waals surface area contributed by atoms with Crippen molar-refractivity contribution in [3.8, 4) is 5.75 Å². The lowest BCUT2D eigenvalue weighted by molar-refractivity contribution is 0.0654. The average Bonchev–Trinajstić information content (AvgIpc) is 3.43. The summed E-state index contributed by atoms with van der Waals surface area (Å²) in [7, 11) is 1.69. The van der Waals surface area contributed by atoms with Gasteiger partial charge in [-0.15, -0.1) is 0 Å². The van der Waals surface area contributed by atoms with Gasteiger partial charge < -0.3 is 14.1 Å². The molecule has 1 aromatic heterocycles. The molecular weight excluding hydrogens is 472 g/mol. The van der Waals surface area contributed by atoms with Gasteiger partial charge >= 0.3 is 0 Å². The number of benzene rings is 3. The van der Waals surface area contributed by atoms with Crippen molar-refractivity contribution in [3.63, 3.8) is 0 Å². The highest BCUT2D eigenvalue weighted by atomic mass is 16.5. The van der Waals surface area contributed by atoms with Gasteiger partial charge in [0.1, 0.15) is 11.5 Å². The van der Waals surface area contributed by atoms with Gasteiger partial charge in [-0.1, -0.05) is 72.8 Å². The molecule has 196 valence electrons. The van der Waals surface area contributed by atoms with Gasteiger partial charge in [-0.25, -0.2) is 0 Å². The predicted molar refractivity (Wildman–Crippen MR) is 150 cm³/mol. The van der Waals surface area contributed by atoms with Gasteiger partial charge in [0.05, 0.1) is 13.7 Å². The van der Waals surface area contributed by atoms with E-state index in [-0.39, 0.29) is 5.91 Å². The number of methoxy groups -OCH3 is 1. The van der Waals surface area contributed by atoms with Crippen molar-refractivity contribution in [1.82, 2.24) is 9.80 Å². The van der Waals surface area contributed by atoms with E-state index in [2.05, 4.69) is 71.6 Å². The van der Waals surface area contributed by atoms with Crippen LogP contribution in [0.25, 0.3) is 0 Å². The fraction of sp³-hybridized carbons (Fsp3) is 0.303. The predicted octanol–water partition coefficient (Wildman–Crippen LogP) is 6.59. The summed E-state index contributed by atoms with van der Waals surface area (Å²) in [6, 6.07) is 33.0. The Balaban J connectivity index is 1.21. The molecule has 3 aromatic carbocycles. The second kappa shape index (κ2) is 12.6. The first kappa shape index (κ1) is 25.8. The van der Waals surface area contributed by atoms with Crippen LogP contribution < -0.4 is 4.74 Å². The summed E-state index contributed by atoms with van der Waals surface area (Å²) in [4.78, 5) is 17.5. The SMILES string of the molecule is COc1cccc(CN(Cc2ccccc2)Cc2ccc(C(=O)N3CCC(Cc4ccccc4)CC3)o2)c1. The zero-order valence-electron chi connectivity index (χ0n) is 22.1. The van der Waals surface area contributed by atoms with Crippen LogP contribution in [0.15, 0.2) is 101 Å². The minimum Gasteiger partial charge on any atom is -0.497 e. The van der Waals surface area contributed by atoms with Crippen molar-refractivity contribution in [2.24, 2.45) is 5.92 Å². The van der Waals surface area contributed by atoms with Crippen LogP contribution in [-0.2, 0) is 26.1 Å². The van der Waals surface area contributed by atoms with E-state index >= 15 is 0 Å². The summed E-state index contributed by atoms with van der Waals surface area (Å²) in [5, 5.41) is 0. The van der Waals surface area contributed by atoms with Crippen molar-refractivity contribution in [3.05, 3.63) is 125 Å². The summed E-state index contributed by atoms with van der Waals surface area (Å²) in [6.07, 6.45) is 3.14. The van der Waals surface area contributed by atoms with Crippen molar-refractivity contribution in [2.45, 2.75) is 38.9 Å². The Morgan fingerprint density at radius 3 is 2.18 bits per heavy atom. The topological polar surface area (TPSA) is 45.9 Å². The van der Waals surface area contributed by atoms with Gasteiger partial charge in [0, 0.05) is 26.2 Å². The molecule has 5 rings (SSSR count). The van der Waals surface area contributed by atoms with Crippen LogP contribution in [0.1, 0.15) is 45.8 Å². The average molecular weight is 509 g/mol. The van der Waals surface area contributed by atoms with Gasteiger partial charge in [0.25, 0.3) is 5.91 Å². The number of ether oxygens (including phenoxy) is 1. The Morgan fingerprint density at radius 2 is 1.47 bits per heavy atom. The standard InChI is InChI=1S/C33H36N2O3/c1-37-30-14-8-13-29(22-30)24-34(23-28-11-6-3-7-12-28)25-31-15-16-32(38-31)33(36)35-19-17-27(18-20-35)21-26-9-4-2-5-10-26/h2-16,22,27H,17-21,23-25H2,1H3. The molecule has 0 bridgehead atoms. The number of carbonyl (C=O) groups is 1. The van der Waals surface area contributed by atoms with Gasteiger partial charge in [-0.2, -0.15) is 0 Å². The van der Waals surface area contributed by atoms with Crippen molar-refractivity contribution in [1.29, 1.82) is 0 Å². The molecule has 1 aliphatic heterocycles. The van der Waals surface area contributed by atoms with E-state index in [0.29, 0.717) is 18.2 Å². The zero-order valence-corrected chi connectivity index (χ0v) is 22.1. The number of nitrogens with zero attached hydrogens (tertiary/aromatic N) is 2. The van der Waals surface area contributed by atoms with Crippen molar-refractivity contribution < 1.29 is 13.9 Å². The molecule has 1 fully saturated rings. The van der Waals surface area contributed by atoms with Crippen LogP contribution in [-0.4, -0.2) is 35.9 Å². The normalized spacial score (nSPS) is 14.1. The van der Waals surface area contributed by atoms with Crippen LogP contribution in [0.2, 0.25) is 0 Å². The first-order valence-corrected chi connectivity index (χ1v) is 13.5. The van der Waals surface area contributed by atoms with Gasteiger partial charge in [-0.05, 0) is 66.1 Å². The molecule has 0 N–H and O–H groups in total. The van der Waals surface area contributed by atoms with Crippen molar-refractivity contribution in [2.75, 3.05) is 20.2 Å². The van der Waals surface area contributed by atoms with E-state index in [1.165, 1.54) is 16.7 Å². The van der Waals surface area contributed by atoms with E-state index in [1.54, 1.807) is 7.11 Å². The number of furan rings is 1. The summed E-state index contributed by atoms with van der Waals surface area (Å²) in [6.45, 7) is 3.69. The molecule has 1 amide bonds. The number of piperidine rings is 1. The van der Waals surface area contributed by atoms with E-state index < -0.39 is 0 Å². The van der Waals surface area contributed by atoms with Crippen LogP contribution >= 0.6 is 0 Å². The first-order chi connectivity index (χ1) is 18.7. The molecule has 0 unspecified atom stereocenters. The monoisotopic (exact) mass is 508 g/mol. The highest BCUT2D eigenvalue weighted by Crippen LogP contribution is 2.24. The number of rotatable bonds is 10. The maximum absolute atomic E-state index is 13.2. The quantitative estimate of drug-likeness (QED) is 0.243. The molecular formula is C33H36N2O3. The third-order valence-corrected chi connectivity index (χ3v) is 7.31. The van der Waals surface area contributed by atoms with Gasteiger partial charge in [-0.3, -0.25) is 9.69 Å². The molecule has 0 aliphatic carbocycles. The lowest BCUT2D eigenvalue weighted by Gasteiger charge is -2.31. The zero-order chi connectivity index (χ0) is 26.2.